The fraction of sp³-hybridized carbons (Fsp3) is 0.600. The minimum absolute atomic E-state index is 0.0373. The van der Waals surface area contributed by atoms with Crippen molar-refractivity contribution in [3.63, 3.8) is 0 Å². The predicted octanol–water partition coefficient (Wildman–Crippen LogP) is 1.45. The molecule has 5 nitrogen and oxygen atoms in total. The van der Waals surface area contributed by atoms with Crippen molar-refractivity contribution in [3.8, 4) is 0 Å². The fourth-order valence-corrected chi connectivity index (χ4v) is 2.73. The van der Waals surface area contributed by atoms with E-state index in [1.54, 1.807) is 0 Å². The van der Waals surface area contributed by atoms with Crippen LogP contribution in [0.25, 0.3) is 0 Å². The van der Waals surface area contributed by atoms with Gasteiger partial charge in [-0.3, -0.25) is 0 Å². The van der Waals surface area contributed by atoms with Gasteiger partial charge in [-0.25, -0.2) is 23.1 Å². The number of nitrogens with zero attached hydrogens (tertiary/aromatic N) is 2. The molecule has 0 aliphatic heterocycles. The maximum absolute atomic E-state index is 11.9. The summed E-state index contributed by atoms with van der Waals surface area (Å²) < 4.78 is 26.3. The summed E-state index contributed by atoms with van der Waals surface area (Å²) in [6.07, 6.45) is 4.82. The third-order valence-corrected chi connectivity index (χ3v) is 4.50. The molecule has 2 rings (SSSR count). The molecule has 7 heteroatoms. The molecule has 1 aliphatic rings. The van der Waals surface area contributed by atoms with E-state index in [4.69, 9.17) is 11.6 Å². The van der Waals surface area contributed by atoms with Crippen LogP contribution in [0, 0.1) is 11.8 Å². The average molecular weight is 276 g/mol. The van der Waals surface area contributed by atoms with Crippen molar-refractivity contribution in [2.75, 3.05) is 6.54 Å². The molecular formula is C10H14ClN3O2S. The highest BCUT2D eigenvalue weighted by molar-refractivity contribution is 7.89. The van der Waals surface area contributed by atoms with Crippen LogP contribution in [0.1, 0.15) is 19.8 Å². The largest absolute Gasteiger partial charge is 0.243 e. The quantitative estimate of drug-likeness (QED) is 0.826. The summed E-state index contributed by atoms with van der Waals surface area (Å²) in [5.74, 6) is 1.04. The normalized spacial score (nSPS) is 18.0. The molecular weight excluding hydrogens is 262 g/mol. The lowest BCUT2D eigenvalue weighted by atomic mass is 10.1. The SMILES string of the molecule is CC(CNS(=O)(=O)c1cnc(Cl)nc1)C1CC1. The van der Waals surface area contributed by atoms with Crippen LogP contribution in [0.3, 0.4) is 0 Å². The van der Waals surface area contributed by atoms with Crippen LogP contribution in [0.5, 0.6) is 0 Å². The first-order valence-electron chi connectivity index (χ1n) is 5.46. The van der Waals surface area contributed by atoms with Crippen LogP contribution in [-0.4, -0.2) is 24.9 Å². The lowest BCUT2D eigenvalue weighted by Crippen LogP contribution is -2.29. The first kappa shape index (κ1) is 12.7. The molecule has 0 saturated heterocycles. The van der Waals surface area contributed by atoms with E-state index in [0.717, 1.165) is 0 Å². The first-order valence-corrected chi connectivity index (χ1v) is 7.32. The zero-order chi connectivity index (χ0) is 12.5. The number of rotatable bonds is 5. The first-order chi connectivity index (χ1) is 7.99. The highest BCUT2D eigenvalue weighted by atomic mass is 35.5. The molecule has 0 amide bonds. The van der Waals surface area contributed by atoms with Gasteiger partial charge in [-0.1, -0.05) is 6.92 Å². The maximum atomic E-state index is 11.9. The van der Waals surface area contributed by atoms with Gasteiger partial charge < -0.3 is 0 Å². The van der Waals surface area contributed by atoms with Gasteiger partial charge in [0.1, 0.15) is 4.90 Å². The Bertz CT molecular complexity index is 485. The van der Waals surface area contributed by atoms with Crippen molar-refractivity contribution in [3.05, 3.63) is 17.7 Å². The molecule has 1 saturated carbocycles. The average Bonchev–Trinajstić information content (AvgIpc) is 3.10. The van der Waals surface area contributed by atoms with E-state index in [2.05, 4.69) is 21.6 Å². The van der Waals surface area contributed by atoms with Crippen LogP contribution >= 0.6 is 11.6 Å². The van der Waals surface area contributed by atoms with E-state index in [1.807, 2.05) is 0 Å². The highest BCUT2D eigenvalue weighted by Gasteiger charge is 2.28. The predicted molar refractivity (Wildman–Crippen MR) is 64.1 cm³/mol. The Morgan fingerprint density at radius 3 is 2.59 bits per heavy atom. The molecule has 1 aliphatic carbocycles. The van der Waals surface area contributed by atoms with Gasteiger partial charge in [-0.15, -0.1) is 0 Å². The van der Waals surface area contributed by atoms with E-state index < -0.39 is 10.0 Å². The van der Waals surface area contributed by atoms with Gasteiger partial charge in [0.15, 0.2) is 0 Å². The summed E-state index contributed by atoms with van der Waals surface area (Å²) in [6.45, 7) is 2.51. The van der Waals surface area contributed by atoms with Crippen LogP contribution in [0.2, 0.25) is 5.28 Å². The Hall–Kier alpha value is -0.720. The van der Waals surface area contributed by atoms with Gasteiger partial charge in [0.25, 0.3) is 0 Å². The van der Waals surface area contributed by atoms with Crippen LogP contribution in [-0.2, 0) is 10.0 Å². The number of sulfonamides is 1. The summed E-state index contributed by atoms with van der Waals surface area (Å²) in [5.41, 5.74) is 0. The molecule has 0 radical (unpaired) electrons. The Balaban J connectivity index is 2.00. The minimum atomic E-state index is -3.51. The summed E-state index contributed by atoms with van der Waals surface area (Å²) in [5, 5.41) is 0.0373. The zero-order valence-electron chi connectivity index (χ0n) is 9.43. The molecule has 0 spiro atoms. The van der Waals surface area contributed by atoms with E-state index in [-0.39, 0.29) is 10.2 Å². The second-order valence-corrected chi connectivity index (χ2v) is 6.46. The number of aromatic nitrogens is 2. The van der Waals surface area contributed by atoms with Gasteiger partial charge in [0.2, 0.25) is 15.3 Å². The molecule has 0 aromatic carbocycles. The second kappa shape index (κ2) is 4.88. The van der Waals surface area contributed by atoms with Crippen molar-refractivity contribution in [2.24, 2.45) is 11.8 Å². The van der Waals surface area contributed by atoms with Gasteiger partial charge in [-0.2, -0.15) is 0 Å². The standard InChI is InChI=1S/C10H14ClN3O2S/c1-7(8-2-3-8)4-14-17(15,16)9-5-12-10(11)13-6-9/h5-8,14H,2-4H2,1H3. The Labute approximate surface area is 106 Å². The Morgan fingerprint density at radius 1 is 1.47 bits per heavy atom. The lowest BCUT2D eigenvalue weighted by molar-refractivity contribution is 0.491. The van der Waals surface area contributed by atoms with Crippen molar-refractivity contribution < 1.29 is 8.42 Å². The number of halogens is 1. The topological polar surface area (TPSA) is 72.0 Å². The van der Waals surface area contributed by atoms with Gasteiger partial charge in [-0.05, 0) is 36.3 Å². The molecule has 1 fully saturated rings. The molecule has 1 atom stereocenters. The Morgan fingerprint density at radius 2 is 2.06 bits per heavy atom. The summed E-state index contributed by atoms with van der Waals surface area (Å²) in [7, 11) is -3.51. The molecule has 1 N–H and O–H groups in total. The number of nitrogens with one attached hydrogen (secondary N) is 1. The van der Waals surface area contributed by atoms with Gasteiger partial charge in [0, 0.05) is 6.54 Å². The third kappa shape index (κ3) is 3.37. The van der Waals surface area contributed by atoms with E-state index in [1.165, 1.54) is 25.2 Å². The fourth-order valence-electron chi connectivity index (χ4n) is 1.60. The molecule has 0 bridgehead atoms. The summed E-state index contributed by atoms with van der Waals surface area (Å²) >= 11 is 5.50. The van der Waals surface area contributed by atoms with Gasteiger partial charge in [0.05, 0.1) is 12.4 Å². The van der Waals surface area contributed by atoms with Gasteiger partial charge >= 0.3 is 0 Å². The summed E-state index contributed by atoms with van der Waals surface area (Å²) in [4.78, 5) is 7.36. The van der Waals surface area contributed by atoms with Crippen LogP contribution in [0.4, 0.5) is 0 Å². The Kier molecular flexibility index (Phi) is 3.65. The summed E-state index contributed by atoms with van der Waals surface area (Å²) in [6, 6.07) is 0. The zero-order valence-corrected chi connectivity index (χ0v) is 11.0. The number of hydrogen-bond donors (Lipinski definition) is 1. The van der Waals surface area contributed by atoms with E-state index >= 15 is 0 Å². The van der Waals surface area contributed by atoms with Crippen molar-refractivity contribution >= 4 is 21.6 Å². The maximum Gasteiger partial charge on any atom is 0.243 e. The molecule has 1 unspecified atom stereocenters. The van der Waals surface area contributed by atoms with Crippen molar-refractivity contribution in [1.82, 2.24) is 14.7 Å². The highest BCUT2D eigenvalue weighted by Crippen LogP contribution is 2.36. The van der Waals surface area contributed by atoms with Crippen molar-refractivity contribution in [1.29, 1.82) is 0 Å². The molecule has 1 heterocycles. The molecule has 1 aromatic rings. The molecule has 17 heavy (non-hydrogen) atoms. The van der Waals surface area contributed by atoms with Crippen molar-refractivity contribution in [2.45, 2.75) is 24.7 Å². The second-order valence-electron chi connectivity index (χ2n) is 4.35. The van der Waals surface area contributed by atoms with Crippen LogP contribution < -0.4 is 4.72 Å². The monoisotopic (exact) mass is 275 g/mol. The van der Waals surface area contributed by atoms with E-state index in [9.17, 15) is 8.42 Å². The molecule has 1 aromatic heterocycles. The minimum Gasteiger partial charge on any atom is -0.225 e. The third-order valence-electron chi connectivity index (χ3n) is 2.93. The lowest BCUT2D eigenvalue weighted by Gasteiger charge is -2.11. The molecule has 94 valence electrons. The number of hydrogen-bond acceptors (Lipinski definition) is 4. The smallest absolute Gasteiger partial charge is 0.225 e. The van der Waals surface area contributed by atoms with E-state index in [0.29, 0.717) is 18.4 Å². The van der Waals surface area contributed by atoms with Crippen LogP contribution in [0.15, 0.2) is 17.3 Å².